The molecule has 0 spiro atoms. The van der Waals surface area contributed by atoms with Crippen LogP contribution in [0.1, 0.15) is 36.8 Å². The van der Waals surface area contributed by atoms with E-state index in [9.17, 15) is 9.90 Å². The predicted molar refractivity (Wildman–Crippen MR) is 70.9 cm³/mol. The molecule has 3 rings (SSSR count). The van der Waals surface area contributed by atoms with E-state index in [2.05, 4.69) is 23.5 Å². The van der Waals surface area contributed by atoms with Crippen LogP contribution in [0.2, 0.25) is 0 Å². The number of carboxylic acid groups (broad SMARTS) is 1. The van der Waals surface area contributed by atoms with E-state index in [4.69, 9.17) is 0 Å². The zero-order valence-corrected chi connectivity index (χ0v) is 10.5. The van der Waals surface area contributed by atoms with E-state index in [-0.39, 0.29) is 0 Å². The first kappa shape index (κ1) is 11.6. The summed E-state index contributed by atoms with van der Waals surface area (Å²) in [5.41, 5.74) is 3.28. The zero-order valence-electron chi connectivity index (χ0n) is 10.5. The zero-order chi connectivity index (χ0) is 12.6. The Kier molecular flexibility index (Phi) is 2.77. The van der Waals surface area contributed by atoms with Crippen molar-refractivity contribution in [1.29, 1.82) is 0 Å². The van der Waals surface area contributed by atoms with Crippen LogP contribution in [0.5, 0.6) is 0 Å². The Bertz CT molecular complexity index is 477. The van der Waals surface area contributed by atoms with Crippen LogP contribution in [0, 0.1) is 5.41 Å². The summed E-state index contributed by atoms with van der Waals surface area (Å²) >= 11 is 0. The predicted octanol–water partition coefficient (Wildman–Crippen LogP) is 2.84. The maximum Gasteiger partial charge on any atom is 0.309 e. The van der Waals surface area contributed by atoms with E-state index in [0.717, 1.165) is 32.2 Å². The molecule has 0 unspecified atom stereocenters. The molecule has 0 atom stereocenters. The minimum Gasteiger partial charge on any atom is -0.481 e. The summed E-state index contributed by atoms with van der Waals surface area (Å²) in [5, 5.41) is 12.8. The summed E-state index contributed by atoms with van der Waals surface area (Å²) < 4.78 is 0. The van der Waals surface area contributed by atoms with Gasteiger partial charge in [0.25, 0.3) is 0 Å². The van der Waals surface area contributed by atoms with Crippen LogP contribution in [0.4, 0.5) is 5.69 Å². The standard InChI is InChI=1S/C15H19NO2/c17-14(18)15(6-2-7-15)10-11-4-5-13-12(9-11)3-1-8-16-13/h4-5,9,16H,1-3,6-8,10H2,(H,17,18). The molecule has 0 saturated heterocycles. The number of fused-ring (bicyclic) bond motifs is 1. The third kappa shape index (κ3) is 1.88. The SMILES string of the molecule is O=C(O)C1(Cc2ccc3c(c2)CCCN3)CCC1. The molecule has 1 aromatic carbocycles. The lowest BCUT2D eigenvalue weighted by molar-refractivity contribution is -0.154. The topological polar surface area (TPSA) is 49.3 Å². The number of anilines is 1. The number of hydrogen-bond donors (Lipinski definition) is 2. The van der Waals surface area contributed by atoms with Crippen molar-refractivity contribution in [3.8, 4) is 0 Å². The Balaban J connectivity index is 1.82. The van der Waals surface area contributed by atoms with Crippen LogP contribution in [-0.2, 0) is 17.6 Å². The first-order valence-corrected chi connectivity index (χ1v) is 6.79. The summed E-state index contributed by atoms with van der Waals surface area (Å²) in [6.45, 7) is 1.05. The van der Waals surface area contributed by atoms with E-state index in [1.54, 1.807) is 0 Å². The summed E-state index contributed by atoms with van der Waals surface area (Å²) in [6, 6.07) is 6.39. The quantitative estimate of drug-likeness (QED) is 0.861. The van der Waals surface area contributed by atoms with Gasteiger partial charge in [-0.2, -0.15) is 0 Å². The van der Waals surface area contributed by atoms with Gasteiger partial charge >= 0.3 is 5.97 Å². The minimum atomic E-state index is -0.621. The van der Waals surface area contributed by atoms with Crippen LogP contribution in [0.15, 0.2) is 18.2 Å². The highest BCUT2D eigenvalue weighted by molar-refractivity contribution is 5.76. The van der Waals surface area contributed by atoms with E-state index < -0.39 is 11.4 Å². The minimum absolute atomic E-state index is 0.476. The molecule has 2 N–H and O–H groups in total. The highest BCUT2D eigenvalue weighted by Gasteiger charge is 2.44. The van der Waals surface area contributed by atoms with Crippen LogP contribution in [-0.4, -0.2) is 17.6 Å². The van der Waals surface area contributed by atoms with Gasteiger partial charge in [0.1, 0.15) is 0 Å². The van der Waals surface area contributed by atoms with Gasteiger partial charge in [-0.05, 0) is 49.3 Å². The van der Waals surface area contributed by atoms with Crippen molar-refractivity contribution in [2.75, 3.05) is 11.9 Å². The molecule has 96 valence electrons. The van der Waals surface area contributed by atoms with Gasteiger partial charge < -0.3 is 10.4 Å². The Labute approximate surface area is 107 Å². The normalized spacial score (nSPS) is 20.4. The molecule has 18 heavy (non-hydrogen) atoms. The maximum absolute atomic E-state index is 11.4. The molecule has 1 heterocycles. The highest BCUT2D eigenvalue weighted by Crippen LogP contribution is 2.44. The third-order valence-electron chi connectivity index (χ3n) is 4.41. The molecule has 0 radical (unpaired) electrons. The number of carbonyl (C=O) groups is 1. The maximum atomic E-state index is 11.4. The molecule has 0 amide bonds. The average molecular weight is 245 g/mol. The molecular weight excluding hydrogens is 226 g/mol. The Hall–Kier alpha value is -1.51. The summed E-state index contributed by atoms with van der Waals surface area (Å²) in [7, 11) is 0. The first-order valence-electron chi connectivity index (χ1n) is 6.79. The second kappa shape index (κ2) is 4.30. The number of benzene rings is 1. The number of carboxylic acids is 1. The summed E-state index contributed by atoms with van der Waals surface area (Å²) in [5.74, 6) is -0.621. The van der Waals surface area contributed by atoms with Crippen molar-refractivity contribution in [1.82, 2.24) is 0 Å². The van der Waals surface area contributed by atoms with Crippen LogP contribution in [0.3, 0.4) is 0 Å². The monoisotopic (exact) mass is 245 g/mol. The van der Waals surface area contributed by atoms with Crippen LogP contribution < -0.4 is 5.32 Å². The molecule has 1 aromatic rings. The van der Waals surface area contributed by atoms with E-state index in [1.807, 2.05) is 0 Å². The molecular formula is C15H19NO2. The molecule has 0 aromatic heterocycles. The van der Waals surface area contributed by atoms with Crippen molar-refractivity contribution in [3.63, 3.8) is 0 Å². The lowest BCUT2D eigenvalue weighted by Gasteiger charge is -2.38. The Morgan fingerprint density at radius 2 is 2.17 bits per heavy atom. The van der Waals surface area contributed by atoms with Gasteiger partial charge in [-0.25, -0.2) is 0 Å². The number of aryl methyl sites for hydroxylation is 1. The lowest BCUT2D eigenvalue weighted by atomic mass is 9.65. The van der Waals surface area contributed by atoms with Gasteiger partial charge in [0.2, 0.25) is 0 Å². The molecule has 3 heteroatoms. The number of rotatable bonds is 3. The van der Waals surface area contributed by atoms with E-state index in [0.29, 0.717) is 6.42 Å². The molecule has 1 aliphatic heterocycles. The fourth-order valence-electron chi connectivity index (χ4n) is 3.10. The van der Waals surface area contributed by atoms with Crippen molar-refractivity contribution in [2.45, 2.75) is 38.5 Å². The third-order valence-corrected chi connectivity index (χ3v) is 4.41. The molecule has 0 bridgehead atoms. The average Bonchev–Trinajstić information content (AvgIpc) is 2.33. The second-order valence-electron chi connectivity index (χ2n) is 5.64. The van der Waals surface area contributed by atoms with Gasteiger partial charge in [-0.1, -0.05) is 18.6 Å². The molecule has 2 aliphatic rings. The lowest BCUT2D eigenvalue weighted by Crippen LogP contribution is -2.39. The van der Waals surface area contributed by atoms with Crippen LogP contribution in [0.25, 0.3) is 0 Å². The molecule has 1 saturated carbocycles. The molecule has 1 fully saturated rings. The second-order valence-corrected chi connectivity index (χ2v) is 5.64. The Morgan fingerprint density at radius 1 is 1.33 bits per heavy atom. The number of nitrogens with one attached hydrogen (secondary N) is 1. The number of hydrogen-bond acceptors (Lipinski definition) is 2. The smallest absolute Gasteiger partial charge is 0.309 e. The van der Waals surface area contributed by atoms with Crippen LogP contribution >= 0.6 is 0 Å². The van der Waals surface area contributed by atoms with Crippen molar-refractivity contribution in [3.05, 3.63) is 29.3 Å². The molecule has 1 aliphatic carbocycles. The van der Waals surface area contributed by atoms with Crippen molar-refractivity contribution in [2.24, 2.45) is 5.41 Å². The van der Waals surface area contributed by atoms with Gasteiger partial charge in [-0.3, -0.25) is 4.79 Å². The van der Waals surface area contributed by atoms with E-state index >= 15 is 0 Å². The van der Waals surface area contributed by atoms with Gasteiger partial charge in [0.15, 0.2) is 0 Å². The first-order chi connectivity index (χ1) is 8.70. The van der Waals surface area contributed by atoms with Crippen molar-refractivity contribution >= 4 is 11.7 Å². The van der Waals surface area contributed by atoms with Gasteiger partial charge in [-0.15, -0.1) is 0 Å². The van der Waals surface area contributed by atoms with Crippen molar-refractivity contribution < 1.29 is 9.90 Å². The van der Waals surface area contributed by atoms with E-state index in [1.165, 1.54) is 23.2 Å². The Morgan fingerprint density at radius 3 is 2.83 bits per heavy atom. The summed E-state index contributed by atoms with van der Waals surface area (Å²) in [6.07, 6.45) is 5.68. The largest absolute Gasteiger partial charge is 0.481 e. The number of aliphatic carboxylic acids is 1. The fourth-order valence-corrected chi connectivity index (χ4v) is 3.10. The summed E-state index contributed by atoms with van der Waals surface area (Å²) in [4.78, 5) is 11.4. The van der Waals surface area contributed by atoms with Gasteiger partial charge in [0, 0.05) is 12.2 Å². The van der Waals surface area contributed by atoms with Gasteiger partial charge in [0.05, 0.1) is 5.41 Å². The fraction of sp³-hybridized carbons (Fsp3) is 0.533. The molecule has 3 nitrogen and oxygen atoms in total. The highest BCUT2D eigenvalue weighted by atomic mass is 16.4.